The quantitative estimate of drug-likeness (QED) is 0.493. The van der Waals surface area contributed by atoms with Gasteiger partial charge in [0.2, 0.25) is 0 Å². The number of aliphatic imine (C=N–C) groups is 1. The van der Waals surface area contributed by atoms with Gasteiger partial charge in [-0.05, 0) is 73.3 Å². The lowest BCUT2D eigenvalue weighted by Gasteiger charge is -2.30. The summed E-state index contributed by atoms with van der Waals surface area (Å²) >= 11 is 13.6. The molecule has 1 N–H and O–H groups in total. The van der Waals surface area contributed by atoms with Crippen molar-refractivity contribution in [1.82, 2.24) is 9.80 Å². The second kappa shape index (κ2) is 9.52. The molecule has 5 rings (SSSR count). The summed E-state index contributed by atoms with van der Waals surface area (Å²) < 4.78 is 0. The first-order chi connectivity index (χ1) is 16.8. The number of hydrogen-bond acceptors (Lipinski definition) is 5. The minimum absolute atomic E-state index is 0.0734. The number of amidine groups is 1. The molecule has 2 aromatic carbocycles. The van der Waals surface area contributed by atoms with Crippen LogP contribution in [0, 0.1) is 0 Å². The fourth-order valence-electron chi connectivity index (χ4n) is 5.27. The van der Waals surface area contributed by atoms with Crippen LogP contribution >= 0.6 is 35.0 Å². The maximum atomic E-state index is 13.7. The molecule has 0 bridgehead atoms. The molecule has 4 atom stereocenters. The number of halogens is 2. The molecular formula is C26H25Cl2N3O3S. The third kappa shape index (κ3) is 4.24. The Morgan fingerprint density at radius 1 is 1.03 bits per heavy atom. The average Bonchev–Trinajstić information content (AvgIpc) is 3.52. The first kappa shape index (κ1) is 24.2. The monoisotopic (exact) mass is 529 g/mol. The summed E-state index contributed by atoms with van der Waals surface area (Å²) in [6.45, 7) is 3.91. The van der Waals surface area contributed by atoms with E-state index in [1.807, 2.05) is 62.4 Å². The molecule has 9 heteroatoms. The van der Waals surface area contributed by atoms with Gasteiger partial charge in [0.25, 0.3) is 5.91 Å². The zero-order valence-corrected chi connectivity index (χ0v) is 21.6. The lowest BCUT2D eigenvalue weighted by Crippen LogP contribution is -2.45. The third-order valence-electron chi connectivity index (χ3n) is 7.03. The highest BCUT2D eigenvalue weighted by Crippen LogP contribution is 2.52. The summed E-state index contributed by atoms with van der Waals surface area (Å²) in [5.41, 5.74) is 2.84. The van der Waals surface area contributed by atoms with E-state index in [1.54, 1.807) is 4.90 Å². The Bertz CT molecular complexity index is 1230. The van der Waals surface area contributed by atoms with E-state index >= 15 is 0 Å². The summed E-state index contributed by atoms with van der Waals surface area (Å²) in [4.78, 5) is 34.9. The second-order valence-corrected chi connectivity index (χ2v) is 10.8. The van der Waals surface area contributed by atoms with E-state index in [2.05, 4.69) is 4.90 Å². The van der Waals surface area contributed by atoms with Gasteiger partial charge in [-0.1, -0.05) is 54.4 Å². The van der Waals surface area contributed by atoms with Gasteiger partial charge in [0, 0.05) is 21.8 Å². The molecule has 0 aromatic heterocycles. The largest absolute Gasteiger partial charge is 0.480 e. The Morgan fingerprint density at radius 3 is 2.20 bits per heavy atom. The Morgan fingerprint density at radius 2 is 1.63 bits per heavy atom. The fraction of sp³-hybridized carbons (Fsp3) is 0.346. The number of thioether (sulfide) groups is 1. The van der Waals surface area contributed by atoms with Crippen molar-refractivity contribution in [3.8, 4) is 0 Å². The number of carbonyl (C=O) groups excluding carboxylic acids is 1. The molecule has 1 amide bonds. The fourth-order valence-corrected chi connectivity index (χ4v) is 6.66. The molecule has 0 spiro atoms. The molecule has 3 heterocycles. The van der Waals surface area contributed by atoms with Gasteiger partial charge in [-0.3, -0.25) is 9.79 Å². The summed E-state index contributed by atoms with van der Waals surface area (Å²) in [6, 6.07) is 14.1. The number of allylic oxidation sites excluding steroid dienone is 1. The molecule has 6 nitrogen and oxygen atoms in total. The van der Waals surface area contributed by atoms with Gasteiger partial charge in [0.1, 0.15) is 12.1 Å². The van der Waals surface area contributed by atoms with Crippen LogP contribution in [0.4, 0.5) is 0 Å². The van der Waals surface area contributed by atoms with E-state index in [9.17, 15) is 14.7 Å². The highest BCUT2D eigenvalue weighted by atomic mass is 35.5. The van der Waals surface area contributed by atoms with Crippen LogP contribution in [0.3, 0.4) is 0 Å². The molecule has 182 valence electrons. The highest BCUT2D eigenvalue weighted by molar-refractivity contribution is 8.18. The minimum Gasteiger partial charge on any atom is -0.480 e. The van der Waals surface area contributed by atoms with Crippen molar-refractivity contribution in [2.24, 2.45) is 4.99 Å². The average molecular weight is 530 g/mol. The van der Waals surface area contributed by atoms with Crippen LogP contribution < -0.4 is 0 Å². The van der Waals surface area contributed by atoms with Gasteiger partial charge in [-0.2, -0.15) is 0 Å². The third-order valence-corrected chi connectivity index (χ3v) is 8.69. The van der Waals surface area contributed by atoms with E-state index in [0.717, 1.165) is 28.4 Å². The van der Waals surface area contributed by atoms with Crippen molar-refractivity contribution in [3.05, 3.63) is 80.3 Å². The number of fused-ring (bicyclic) bond motifs is 1. The van der Waals surface area contributed by atoms with Gasteiger partial charge >= 0.3 is 5.97 Å². The number of nitrogens with zero attached hydrogens (tertiary/aromatic N) is 3. The highest BCUT2D eigenvalue weighted by Gasteiger charge is 2.48. The number of amides is 1. The van der Waals surface area contributed by atoms with Crippen molar-refractivity contribution in [2.75, 3.05) is 0 Å². The zero-order valence-electron chi connectivity index (χ0n) is 19.3. The summed E-state index contributed by atoms with van der Waals surface area (Å²) in [7, 11) is 0. The summed E-state index contributed by atoms with van der Waals surface area (Å²) in [5, 5.41) is 11.8. The van der Waals surface area contributed by atoms with E-state index < -0.39 is 12.0 Å². The van der Waals surface area contributed by atoms with E-state index in [-0.39, 0.29) is 24.0 Å². The Kier molecular flexibility index (Phi) is 6.59. The lowest BCUT2D eigenvalue weighted by atomic mass is 9.93. The van der Waals surface area contributed by atoms with Crippen molar-refractivity contribution >= 4 is 52.0 Å². The molecule has 1 saturated heterocycles. The first-order valence-electron chi connectivity index (χ1n) is 11.6. The number of hydrogen-bond donors (Lipinski definition) is 1. The van der Waals surface area contributed by atoms with Crippen LogP contribution in [0.15, 0.2) is 64.1 Å². The van der Waals surface area contributed by atoms with Crippen molar-refractivity contribution in [3.63, 3.8) is 0 Å². The predicted octanol–water partition coefficient (Wildman–Crippen LogP) is 6.28. The van der Waals surface area contributed by atoms with Crippen molar-refractivity contribution in [1.29, 1.82) is 0 Å². The topological polar surface area (TPSA) is 73.2 Å². The molecule has 1 fully saturated rings. The Labute approximate surface area is 218 Å². The van der Waals surface area contributed by atoms with Crippen LogP contribution in [0.5, 0.6) is 0 Å². The number of likely N-dealkylation sites (tertiary alicyclic amines) is 1. The normalized spacial score (nSPS) is 25.8. The zero-order chi connectivity index (χ0) is 24.9. The van der Waals surface area contributed by atoms with Crippen LogP contribution in [0.2, 0.25) is 10.0 Å². The van der Waals surface area contributed by atoms with Crippen molar-refractivity contribution < 1.29 is 14.7 Å². The van der Waals surface area contributed by atoms with Gasteiger partial charge in [0.15, 0.2) is 5.17 Å². The number of aliphatic carboxylic acids is 1. The number of rotatable bonds is 5. The maximum absolute atomic E-state index is 13.7. The van der Waals surface area contributed by atoms with Gasteiger partial charge in [-0.25, -0.2) is 4.79 Å². The standard InChI is InChI=1S/C26H25Cl2N3O3S/c1-3-19-12-13-20(25(33)34)31(19)24(32)23-14(2)30-22(16-6-10-18(28)11-7-16)21(29-26(30)35-23)15-4-8-17(27)9-5-15/h4-11,19-22H,3,12-13H2,1-2H3,(H,33,34)/t19-,20?,21+,22-/m1/s1. The molecule has 2 aromatic rings. The van der Waals surface area contributed by atoms with E-state index in [1.165, 1.54) is 11.8 Å². The molecular weight excluding hydrogens is 505 g/mol. The molecule has 1 unspecified atom stereocenters. The number of carboxylic acids is 1. The smallest absolute Gasteiger partial charge is 0.326 e. The lowest BCUT2D eigenvalue weighted by molar-refractivity contribution is -0.147. The van der Waals surface area contributed by atoms with E-state index in [4.69, 9.17) is 28.2 Å². The summed E-state index contributed by atoms with van der Waals surface area (Å²) in [6.07, 6.45) is 1.91. The molecule has 0 radical (unpaired) electrons. The van der Waals surface area contributed by atoms with E-state index in [0.29, 0.717) is 27.8 Å². The van der Waals surface area contributed by atoms with Crippen molar-refractivity contribution in [2.45, 2.75) is 57.3 Å². The van der Waals surface area contributed by atoms with Crippen LogP contribution in [-0.4, -0.2) is 44.0 Å². The van der Waals surface area contributed by atoms with Crippen LogP contribution in [0.1, 0.15) is 56.3 Å². The Balaban J connectivity index is 1.54. The molecule has 3 aliphatic rings. The molecule has 0 saturated carbocycles. The van der Waals surface area contributed by atoms with Gasteiger partial charge in [-0.15, -0.1) is 0 Å². The first-order valence-corrected chi connectivity index (χ1v) is 13.2. The number of carbonyl (C=O) groups is 2. The van der Waals surface area contributed by atoms with Gasteiger partial charge in [0.05, 0.1) is 10.9 Å². The number of carboxylic acid groups (broad SMARTS) is 1. The number of benzene rings is 2. The molecule has 3 aliphatic heterocycles. The van der Waals surface area contributed by atoms with Gasteiger partial charge < -0.3 is 14.9 Å². The molecule has 35 heavy (non-hydrogen) atoms. The molecule has 0 aliphatic carbocycles. The maximum Gasteiger partial charge on any atom is 0.326 e. The SMILES string of the molecule is CC[C@@H]1CCC(C(=O)O)N1C(=O)C1=C(C)N2C(=N[C@@H](c3ccc(Cl)cc3)[C@H]2c2ccc(Cl)cc2)S1. The van der Waals surface area contributed by atoms with Crippen LogP contribution in [0.25, 0.3) is 0 Å². The second-order valence-electron chi connectivity index (χ2n) is 9.00. The minimum atomic E-state index is -0.949. The summed E-state index contributed by atoms with van der Waals surface area (Å²) in [5.74, 6) is -1.17. The predicted molar refractivity (Wildman–Crippen MR) is 140 cm³/mol. The Hall–Kier alpha value is -2.48. The van der Waals surface area contributed by atoms with Crippen LogP contribution in [-0.2, 0) is 9.59 Å².